The monoisotopic (exact) mass is 305 g/mol. The Morgan fingerprint density at radius 1 is 1.24 bits per heavy atom. The first-order valence-electron chi connectivity index (χ1n) is 6.29. The van der Waals surface area contributed by atoms with Crippen molar-refractivity contribution in [3.63, 3.8) is 0 Å². The van der Waals surface area contributed by atoms with Crippen molar-refractivity contribution < 1.29 is 17.6 Å². The molecule has 0 bridgehead atoms. The van der Waals surface area contributed by atoms with Gasteiger partial charge >= 0.3 is 0 Å². The predicted molar refractivity (Wildman–Crippen MR) is 81.4 cm³/mol. The minimum Gasteiger partial charge on any atom is -0.464 e. The van der Waals surface area contributed by atoms with Crippen molar-refractivity contribution in [2.24, 2.45) is 0 Å². The van der Waals surface area contributed by atoms with Crippen molar-refractivity contribution in [3.8, 4) is 11.3 Å². The number of nitrogens with one attached hydrogen (secondary N) is 1. The van der Waals surface area contributed by atoms with E-state index < -0.39 is 9.84 Å². The highest BCUT2D eigenvalue weighted by atomic mass is 32.2. The maximum absolute atomic E-state index is 11.7. The zero-order valence-electron chi connectivity index (χ0n) is 11.3. The van der Waals surface area contributed by atoms with E-state index in [0.717, 1.165) is 16.7 Å². The second-order valence-corrected chi connectivity index (χ2v) is 6.45. The van der Waals surface area contributed by atoms with Crippen molar-refractivity contribution in [1.29, 1.82) is 0 Å². The van der Waals surface area contributed by atoms with Crippen molar-refractivity contribution in [2.75, 3.05) is 11.1 Å². The Morgan fingerprint density at radius 3 is 2.52 bits per heavy atom. The van der Waals surface area contributed by atoms with E-state index in [1.807, 2.05) is 18.2 Å². The van der Waals surface area contributed by atoms with Gasteiger partial charge in [-0.15, -0.1) is 0 Å². The molecular formula is C15H15NO4S. The zero-order chi connectivity index (χ0) is 15.3. The number of carbonyl (C=O) groups is 1. The molecule has 0 fully saturated rings. The summed E-state index contributed by atoms with van der Waals surface area (Å²) in [6.45, 7) is 3.20. The van der Waals surface area contributed by atoms with Crippen LogP contribution >= 0.6 is 0 Å². The Hall–Kier alpha value is -2.34. The van der Waals surface area contributed by atoms with Gasteiger partial charge in [0.05, 0.1) is 12.0 Å². The molecule has 1 aromatic carbocycles. The summed E-state index contributed by atoms with van der Waals surface area (Å²) in [6, 6.07) is 10.7. The molecule has 0 aliphatic carbocycles. The highest BCUT2D eigenvalue weighted by Crippen LogP contribution is 2.21. The molecule has 0 atom stereocenters. The number of sulfone groups is 1. The third-order valence-electron chi connectivity index (χ3n) is 2.84. The number of carbonyl (C=O) groups excluding carboxylic acids is 1. The van der Waals surface area contributed by atoms with E-state index in [1.165, 1.54) is 0 Å². The lowest BCUT2D eigenvalue weighted by molar-refractivity contribution is -0.115. The van der Waals surface area contributed by atoms with Gasteiger partial charge in [-0.25, -0.2) is 8.42 Å². The molecule has 2 rings (SSSR count). The normalized spacial score (nSPS) is 11.0. The number of hydrogen-bond donors (Lipinski definition) is 1. The molecule has 0 aliphatic heterocycles. The van der Waals surface area contributed by atoms with Gasteiger partial charge in [-0.1, -0.05) is 6.58 Å². The summed E-state index contributed by atoms with van der Waals surface area (Å²) in [5.41, 5.74) is 1.50. The average Bonchev–Trinajstić information content (AvgIpc) is 3.00. The fourth-order valence-electron chi connectivity index (χ4n) is 1.70. The third kappa shape index (κ3) is 4.32. The van der Waals surface area contributed by atoms with Crippen LogP contribution in [0, 0.1) is 0 Å². The van der Waals surface area contributed by atoms with Crippen LogP contribution in [-0.4, -0.2) is 20.1 Å². The number of benzene rings is 1. The highest BCUT2D eigenvalue weighted by Gasteiger charge is 2.10. The number of anilines is 1. The molecule has 2 aromatic rings. The van der Waals surface area contributed by atoms with E-state index in [-0.39, 0.29) is 18.1 Å². The maximum atomic E-state index is 11.7. The SMILES string of the molecule is C=CS(=O)(=O)CCC(=O)Nc1ccc(-c2ccco2)cc1. The van der Waals surface area contributed by atoms with Crippen LogP contribution in [0.15, 0.2) is 59.1 Å². The molecule has 0 saturated carbocycles. The Bertz CT molecular complexity index is 716. The van der Waals surface area contributed by atoms with Crippen molar-refractivity contribution in [3.05, 3.63) is 54.6 Å². The second kappa shape index (κ2) is 6.41. The third-order valence-corrected chi connectivity index (χ3v) is 4.12. The van der Waals surface area contributed by atoms with Gasteiger partial charge in [-0.05, 0) is 36.4 Å². The summed E-state index contributed by atoms with van der Waals surface area (Å²) in [7, 11) is -3.35. The smallest absolute Gasteiger partial charge is 0.225 e. The van der Waals surface area contributed by atoms with Gasteiger partial charge in [0.2, 0.25) is 5.91 Å². The fraction of sp³-hybridized carbons (Fsp3) is 0.133. The van der Waals surface area contributed by atoms with E-state index in [1.54, 1.807) is 24.5 Å². The summed E-state index contributed by atoms with van der Waals surface area (Å²) >= 11 is 0. The maximum Gasteiger partial charge on any atom is 0.225 e. The van der Waals surface area contributed by atoms with Gasteiger partial charge < -0.3 is 9.73 Å². The van der Waals surface area contributed by atoms with Crippen LogP contribution < -0.4 is 5.32 Å². The van der Waals surface area contributed by atoms with Gasteiger partial charge in [0, 0.05) is 23.1 Å². The van der Waals surface area contributed by atoms with E-state index >= 15 is 0 Å². The molecule has 5 nitrogen and oxygen atoms in total. The molecule has 1 N–H and O–H groups in total. The minimum absolute atomic E-state index is 0.103. The molecule has 0 spiro atoms. The van der Waals surface area contributed by atoms with Crippen LogP contribution in [0.5, 0.6) is 0 Å². The topological polar surface area (TPSA) is 76.4 Å². The molecule has 110 valence electrons. The second-order valence-electron chi connectivity index (χ2n) is 4.39. The van der Waals surface area contributed by atoms with E-state index in [4.69, 9.17) is 4.42 Å². The lowest BCUT2D eigenvalue weighted by atomic mass is 10.1. The summed E-state index contributed by atoms with van der Waals surface area (Å²) in [5, 5.41) is 3.50. The standard InChI is InChI=1S/C15H15NO4S/c1-2-21(18,19)11-9-15(17)16-13-7-5-12(6-8-13)14-4-3-10-20-14/h2-8,10H,1,9,11H2,(H,16,17). The quantitative estimate of drug-likeness (QED) is 0.890. The van der Waals surface area contributed by atoms with Crippen LogP contribution in [0.4, 0.5) is 5.69 Å². The van der Waals surface area contributed by atoms with E-state index in [0.29, 0.717) is 5.69 Å². The summed E-state index contributed by atoms with van der Waals surface area (Å²) in [5.74, 6) is 0.142. The van der Waals surface area contributed by atoms with E-state index in [9.17, 15) is 13.2 Å². The van der Waals surface area contributed by atoms with Gasteiger partial charge in [0.15, 0.2) is 9.84 Å². The summed E-state index contributed by atoms with van der Waals surface area (Å²) in [6.07, 6.45) is 1.49. The number of furan rings is 1. The first kappa shape index (κ1) is 15.1. The zero-order valence-corrected chi connectivity index (χ0v) is 12.1. The summed E-state index contributed by atoms with van der Waals surface area (Å²) < 4.78 is 27.7. The van der Waals surface area contributed by atoms with Crippen LogP contribution in [0.3, 0.4) is 0 Å². The lowest BCUT2D eigenvalue weighted by Gasteiger charge is -2.05. The molecule has 0 aliphatic rings. The first-order chi connectivity index (χ1) is 10.00. The lowest BCUT2D eigenvalue weighted by Crippen LogP contribution is -2.16. The van der Waals surface area contributed by atoms with Gasteiger partial charge in [0.1, 0.15) is 5.76 Å². The van der Waals surface area contributed by atoms with Gasteiger partial charge in [-0.3, -0.25) is 4.79 Å². The number of rotatable bonds is 6. The number of hydrogen-bond acceptors (Lipinski definition) is 4. The first-order valence-corrected chi connectivity index (χ1v) is 8.01. The molecular weight excluding hydrogens is 290 g/mol. The van der Waals surface area contributed by atoms with E-state index in [2.05, 4.69) is 11.9 Å². The molecule has 1 heterocycles. The van der Waals surface area contributed by atoms with Gasteiger partial charge in [0.25, 0.3) is 0 Å². The Morgan fingerprint density at radius 2 is 1.95 bits per heavy atom. The van der Waals surface area contributed by atoms with Crippen molar-refractivity contribution in [1.82, 2.24) is 0 Å². The molecule has 0 unspecified atom stereocenters. The average molecular weight is 305 g/mol. The molecule has 1 aromatic heterocycles. The van der Waals surface area contributed by atoms with Crippen LogP contribution in [0.25, 0.3) is 11.3 Å². The Balaban J connectivity index is 1.94. The molecule has 1 amide bonds. The van der Waals surface area contributed by atoms with Crippen LogP contribution in [-0.2, 0) is 14.6 Å². The van der Waals surface area contributed by atoms with Gasteiger partial charge in [-0.2, -0.15) is 0 Å². The minimum atomic E-state index is -3.35. The predicted octanol–water partition coefficient (Wildman–Crippen LogP) is 2.83. The largest absolute Gasteiger partial charge is 0.464 e. The molecule has 6 heteroatoms. The number of amides is 1. The molecule has 21 heavy (non-hydrogen) atoms. The molecule has 0 saturated heterocycles. The van der Waals surface area contributed by atoms with Crippen molar-refractivity contribution in [2.45, 2.75) is 6.42 Å². The van der Waals surface area contributed by atoms with Crippen LogP contribution in [0.1, 0.15) is 6.42 Å². The van der Waals surface area contributed by atoms with Crippen LogP contribution in [0.2, 0.25) is 0 Å². The Labute approximate surface area is 123 Å². The molecule has 0 radical (unpaired) electrons. The highest BCUT2D eigenvalue weighted by molar-refractivity contribution is 7.94. The van der Waals surface area contributed by atoms with Crippen molar-refractivity contribution >= 4 is 21.4 Å². The Kier molecular flexibility index (Phi) is 4.59. The summed E-state index contributed by atoms with van der Waals surface area (Å²) in [4.78, 5) is 11.7. The fourth-order valence-corrected chi connectivity index (χ4v) is 2.34.